The molecule has 1 aliphatic rings. The molecule has 4 heteroatoms. The van der Waals surface area contributed by atoms with Crippen LogP contribution < -0.4 is 11.1 Å². The summed E-state index contributed by atoms with van der Waals surface area (Å²) in [6.45, 7) is 2.33. The summed E-state index contributed by atoms with van der Waals surface area (Å²) in [6.07, 6.45) is 5.66. The number of rotatable bonds is 2. The molecule has 1 fully saturated rings. The van der Waals surface area contributed by atoms with E-state index in [1.54, 1.807) is 11.3 Å². The van der Waals surface area contributed by atoms with Crippen LogP contribution in [0.15, 0.2) is 6.20 Å². The third-order valence-electron chi connectivity index (χ3n) is 2.52. The molecule has 1 aromatic rings. The second kappa shape index (κ2) is 4.07. The van der Waals surface area contributed by atoms with E-state index in [0.29, 0.717) is 5.13 Å². The predicted molar refractivity (Wildman–Crippen MR) is 55.8 cm³/mol. The lowest BCUT2D eigenvalue weighted by molar-refractivity contribution is 0.374. The van der Waals surface area contributed by atoms with Crippen LogP contribution in [0.1, 0.15) is 17.7 Å². The van der Waals surface area contributed by atoms with E-state index in [9.17, 15) is 0 Å². The molecular formula is C9H15N3S. The molecule has 1 aliphatic heterocycles. The van der Waals surface area contributed by atoms with E-state index in [0.717, 1.165) is 12.3 Å². The van der Waals surface area contributed by atoms with E-state index >= 15 is 0 Å². The average molecular weight is 197 g/mol. The molecule has 13 heavy (non-hydrogen) atoms. The fraction of sp³-hybridized carbons (Fsp3) is 0.667. The second-order valence-corrected chi connectivity index (χ2v) is 4.71. The highest BCUT2D eigenvalue weighted by Gasteiger charge is 2.14. The molecule has 1 aromatic heterocycles. The van der Waals surface area contributed by atoms with Gasteiger partial charge in [-0.15, -0.1) is 11.3 Å². The van der Waals surface area contributed by atoms with Crippen molar-refractivity contribution >= 4 is 16.5 Å². The third-order valence-corrected chi connectivity index (χ3v) is 3.37. The van der Waals surface area contributed by atoms with Gasteiger partial charge in [0.2, 0.25) is 0 Å². The van der Waals surface area contributed by atoms with E-state index < -0.39 is 0 Å². The zero-order valence-electron chi connectivity index (χ0n) is 7.62. The summed E-state index contributed by atoms with van der Waals surface area (Å²) in [5, 5.41) is 4.07. The van der Waals surface area contributed by atoms with Crippen molar-refractivity contribution in [3.05, 3.63) is 11.1 Å². The van der Waals surface area contributed by atoms with Crippen LogP contribution in [-0.2, 0) is 6.42 Å². The Morgan fingerprint density at radius 3 is 2.92 bits per heavy atom. The molecule has 0 spiro atoms. The molecule has 3 nitrogen and oxygen atoms in total. The minimum absolute atomic E-state index is 0.698. The number of anilines is 1. The van der Waals surface area contributed by atoms with Crippen molar-refractivity contribution in [2.45, 2.75) is 19.3 Å². The first-order chi connectivity index (χ1) is 6.34. The highest BCUT2D eigenvalue weighted by Crippen LogP contribution is 2.22. The molecule has 2 rings (SSSR count). The highest BCUT2D eigenvalue weighted by atomic mass is 32.1. The van der Waals surface area contributed by atoms with Gasteiger partial charge in [0.1, 0.15) is 0 Å². The molecule has 0 saturated carbocycles. The van der Waals surface area contributed by atoms with Crippen LogP contribution in [0, 0.1) is 5.92 Å². The van der Waals surface area contributed by atoms with Gasteiger partial charge in [-0.1, -0.05) is 0 Å². The van der Waals surface area contributed by atoms with Crippen molar-refractivity contribution < 1.29 is 0 Å². The van der Waals surface area contributed by atoms with E-state index in [1.165, 1.54) is 30.8 Å². The van der Waals surface area contributed by atoms with Crippen molar-refractivity contribution in [3.8, 4) is 0 Å². The van der Waals surface area contributed by atoms with E-state index in [-0.39, 0.29) is 0 Å². The summed E-state index contributed by atoms with van der Waals surface area (Å²) in [4.78, 5) is 5.40. The number of aromatic nitrogens is 1. The van der Waals surface area contributed by atoms with Crippen LogP contribution in [0.3, 0.4) is 0 Å². The second-order valence-electron chi connectivity index (χ2n) is 3.56. The lowest BCUT2D eigenvalue weighted by Gasteiger charge is -2.21. The van der Waals surface area contributed by atoms with Gasteiger partial charge in [-0.3, -0.25) is 0 Å². The van der Waals surface area contributed by atoms with Crippen molar-refractivity contribution in [1.29, 1.82) is 0 Å². The molecule has 0 aromatic carbocycles. The summed E-state index contributed by atoms with van der Waals surface area (Å²) in [5.74, 6) is 0.834. The Balaban J connectivity index is 1.89. The standard InChI is InChI=1S/C9H15N3S/c10-9-12-6-8(13-9)5-7-1-3-11-4-2-7/h6-7,11H,1-5H2,(H2,10,12). The van der Waals surface area contributed by atoms with E-state index in [1.807, 2.05) is 6.20 Å². The Hall–Kier alpha value is -0.610. The maximum atomic E-state index is 5.58. The van der Waals surface area contributed by atoms with Crippen LogP contribution >= 0.6 is 11.3 Å². The monoisotopic (exact) mass is 197 g/mol. The zero-order valence-corrected chi connectivity index (χ0v) is 8.44. The van der Waals surface area contributed by atoms with Crippen molar-refractivity contribution in [1.82, 2.24) is 10.3 Å². The SMILES string of the molecule is Nc1ncc(CC2CCNCC2)s1. The van der Waals surface area contributed by atoms with Gasteiger partial charge in [-0.05, 0) is 38.3 Å². The molecule has 72 valence electrons. The Bertz CT molecular complexity index is 266. The van der Waals surface area contributed by atoms with Gasteiger partial charge < -0.3 is 11.1 Å². The number of thiazole rings is 1. The quantitative estimate of drug-likeness (QED) is 0.750. The van der Waals surface area contributed by atoms with Gasteiger partial charge >= 0.3 is 0 Å². The Kier molecular flexibility index (Phi) is 2.80. The van der Waals surface area contributed by atoms with Gasteiger partial charge in [0.05, 0.1) is 0 Å². The molecule has 0 amide bonds. The van der Waals surface area contributed by atoms with Gasteiger partial charge in [0.25, 0.3) is 0 Å². The fourth-order valence-corrected chi connectivity index (χ4v) is 2.59. The molecule has 3 N–H and O–H groups in total. The van der Waals surface area contributed by atoms with Gasteiger partial charge in [-0.2, -0.15) is 0 Å². The number of hydrogen-bond acceptors (Lipinski definition) is 4. The Morgan fingerprint density at radius 2 is 2.31 bits per heavy atom. The zero-order chi connectivity index (χ0) is 9.10. The van der Waals surface area contributed by atoms with Crippen molar-refractivity contribution in [2.75, 3.05) is 18.8 Å². The molecule has 0 radical (unpaired) electrons. The molecule has 0 bridgehead atoms. The summed E-state index contributed by atoms with van der Waals surface area (Å²) in [5.41, 5.74) is 5.58. The number of nitrogen functional groups attached to an aromatic ring is 1. The minimum Gasteiger partial charge on any atom is -0.375 e. The lowest BCUT2D eigenvalue weighted by atomic mass is 9.94. The predicted octanol–water partition coefficient (Wildman–Crippen LogP) is 1.27. The van der Waals surface area contributed by atoms with Crippen LogP contribution in [0.25, 0.3) is 0 Å². The van der Waals surface area contributed by atoms with E-state index in [2.05, 4.69) is 10.3 Å². The van der Waals surface area contributed by atoms with E-state index in [4.69, 9.17) is 5.73 Å². The van der Waals surface area contributed by atoms with Crippen LogP contribution in [-0.4, -0.2) is 18.1 Å². The van der Waals surface area contributed by atoms with Gasteiger partial charge in [-0.25, -0.2) is 4.98 Å². The number of piperidine rings is 1. The Labute approximate surface area is 82.4 Å². The number of hydrogen-bond donors (Lipinski definition) is 2. The number of nitrogens with zero attached hydrogens (tertiary/aromatic N) is 1. The van der Waals surface area contributed by atoms with Gasteiger partial charge in [0.15, 0.2) is 5.13 Å². The molecule has 0 aliphatic carbocycles. The maximum absolute atomic E-state index is 5.58. The molecule has 0 atom stereocenters. The molecule has 0 unspecified atom stereocenters. The molecule has 1 saturated heterocycles. The van der Waals surface area contributed by atoms with Crippen molar-refractivity contribution in [2.24, 2.45) is 5.92 Å². The average Bonchev–Trinajstić information content (AvgIpc) is 2.53. The summed E-state index contributed by atoms with van der Waals surface area (Å²) >= 11 is 1.63. The fourth-order valence-electron chi connectivity index (χ4n) is 1.79. The van der Waals surface area contributed by atoms with Crippen LogP contribution in [0.4, 0.5) is 5.13 Å². The highest BCUT2D eigenvalue weighted by molar-refractivity contribution is 7.15. The third kappa shape index (κ3) is 2.42. The normalized spacial score (nSPS) is 19.1. The molecular weight excluding hydrogens is 182 g/mol. The summed E-state index contributed by atoms with van der Waals surface area (Å²) < 4.78 is 0. The lowest BCUT2D eigenvalue weighted by Crippen LogP contribution is -2.28. The number of nitrogens with two attached hydrogens (primary N) is 1. The summed E-state index contributed by atoms with van der Waals surface area (Å²) in [6, 6.07) is 0. The van der Waals surface area contributed by atoms with Crippen molar-refractivity contribution in [3.63, 3.8) is 0 Å². The smallest absolute Gasteiger partial charge is 0.180 e. The molecule has 2 heterocycles. The first-order valence-electron chi connectivity index (χ1n) is 4.75. The number of nitrogens with one attached hydrogen (secondary N) is 1. The first-order valence-corrected chi connectivity index (χ1v) is 5.57. The maximum Gasteiger partial charge on any atom is 0.180 e. The largest absolute Gasteiger partial charge is 0.375 e. The van der Waals surface area contributed by atoms with Crippen LogP contribution in [0.2, 0.25) is 0 Å². The van der Waals surface area contributed by atoms with Crippen LogP contribution in [0.5, 0.6) is 0 Å². The first kappa shape index (κ1) is 8.97. The van der Waals surface area contributed by atoms with Gasteiger partial charge in [0, 0.05) is 11.1 Å². The topological polar surface area (TPSA) is 50.9 Å². The summed E-state index contributed by atoms with van der Waals surface area (Å²) in [7, 11) is 0. The Morgan fingerprint density at radius 1 is 1.54 bits per heavy atom. The minimum atomic E-state index is 0.698.